The summed E-state index contributed by atoms with van der Waals surface area (Å²) >= 11 is 0. The number of aromatic nitrogens is 2. The summed E-state index contributed by atoms with van der Waals surface area (Å²) in [6.07, 6.45) is 0.932. The molecule has 2 aromatic rings. The lowest BCUT2D eigenvalue weighted by Crippen LogP contribution is -2.44. The second-order valence-corrected chi connectivity index (χ2v) is 8.07. The minimum atomic E-state index is -0.298. The molecule has 1 atom stereocenters. The smallest absolute Gasteiger partial charge is 0.237 e. The van der Waals surface area contributed by atoms with E-state index in [1.807, 2.05) is 12.1 Å². The van der Waals surface area contributed by atoms with Gasteiger partial charge in [0.05, 0.1) is 12.0 Å². The van der Waals surface area contributed by atoms with Crippen LogP contribution < -0.4 is 0 Å². The fourth-order valence-corrected chi connectivity index (χ4v) is 4.03. The molecule has 4 rings (SSSR count). The Morgan fingerprint density at radius 3 is 2.36 bits per heavy atom. The third-order valence-electron chi connectivity index (χ3n) is 5.87. The summed E-state index contributed by atoms with van der Waals surface area (Å²) in [5, 5.41) is 4.23. The van der Waals surface area contributed by atoms with Gasteiger partial charge in [0.2, 0.25) is 5.89 Å². The van der Waals surface area contributed by atoms with Gasteiger partial charge in [-0.1, -0.05) is 31.1 Å². The lowest BCUT2D eigenvalue weighted by molar-refractivity contribution is 0.144. The third kappa shape index (κ3) is 2.87. The van der Waals surface area contributed by atoms with E-state index in [0.29, 0.717) is 5.89 Å². The first-order valence-electron chi connectivity index (χ1n) is 8.91. The highest BCUT2D eigenvalue weighted by Gasteiger charge is 2.66. The van der Waals surface area contributed by atoms with Crippen LogP contribution in [0.3, 0.4) is 0 Å². The standard InChI is InChI=1S/C19H25FN4O/c1-18(2)13-19(18,14-4-6-15(20)7-5-14)17-21-16(22-25-17)12-24-10-8-23(3)9-11-24/h4-7H,8-13H2,1-3H3/t19-/m0/s1. The number of halogens is 1. The minimum Gasteiger partial charge on any atom is -0.338 e. The van der Waals surface area contributed by atoms with Crippen molar-refractivity contribution in [2.45, 2.75) is 32.2 Å². The maximum atomic E-state index is 13.3. The molecule has 0 N–H and O–H groups in total. The van der Waals surface area contributed by atoms with Crippen molar-refractivity contribution in [3.63, 3.8) is 0 Å². The molecule has 0 radical (unpaired) electrons. The molecule has 0 unspecified atom stereocenters. The highest BCUT2D eigenvalue weighted by atomic mass is 19.1. The van der Waals surface area contributed by atoms with Gasteiger partial charge in [-0.2, -0.15) is 4.98 Å². The molecule has 1 saturated carbocycles. The number of hydrogen-bond acceptors (Lipinski definition) is 5. The number of rotatable bonds is 4. The van der Waals surface area contributed by atoms with Gasteiger partial charge in [-0.05, 0) is 36.6 Å². The summed E-state index contributed by atoms with van der Waals surface area (Å²) in [5.74, 6) is 1.18. The summed E-state index contributed by atoms with van der Waals surface area (Å²) < 4.78 is 19.0. The summed E-state index contributed by atoms with van der Waals surface area (Å²) in [5.41, 5.74) is 0.782. The molecule has 2 fully saturated rings. The molecule has 6 heteroatoms. The summed E-state index contributed by atoms with van der Waals surface area (Å²) in [4.78, 5) is 9.41. The lowest BCUT2D eigenvalue weighted by atomic mass is 9.87. The summed E-state index contributed by atoms with van der Waals surface area (Å²) in [6.45, 7) is 9.29. The van der Waals surface area contributed by atoms with Crippen molar-refractivity contribution in [1.82, 2.24) is 19.9 Å². The van der Waals surface area contributed by atoms with E-state index in [-0.39, 0.29) is 16.6 Å². The van der Waals surface area contributed by atoms with Gasteiger partial charge < -0.3 is 9.42 Å². The molecule has 2 aliphatic rings. The Morgan fingerprint density at radius 2 is 1.76 bits per heavy atom. The van der Waals surface area contributed by atoms with Crippen LogP contribution in [0.15, 0.2) is 28.8 Å². The summed E-state index contributed by atoms with van der Waals surface area (Å²) in [7, 11) is 2.14. The zero-order chi connectivity index (χ0) is 17.7. The molecule has 1 aromatic carbocycles. The van der Waals surface area contributed by atoms with Crippen LogP contribution in [0.1, 0.15) is 37.5 Å². The molecule has 0 spiro atoms. The van der Waals surface area contributed by atoms with Crippen LogP contribution in [-0.4, -0.2) is 53.2 Å². The van der Waals surface area contributed by atoms with Gasteiger partial charge in [-0.3, -0.25) is 4.90 Å². The Hall–Kier alpha value is -1.79. The van der Waals surface area contributed by atoms with Crippen LogP contribution >= 0.6 is 0 Å². The van der Waals surface area contributed by atoms with E-state index in [1.54, 1.807) is 0 Å². The normalized spacial score (nSPS) is 26.7. The number of nitrogens with zero attached hydrogens (tertiary/aromatic N) is 4. The Morgan fingerprint density at radius 1 is 1.12 bits per heavy atom. The molecule has 1 aliphatic heterocycles. The van der Waals surface area contributed by atoms with Gasteiger partial charge in [0.1, 0.15) is 5.82 Å². The van der Waals surface area contributed by atoms with Gasteiger partial charge in [-0.15, -0.1) is 0 Å². The fourth-order valence-electron chi connectivity index (χ4n) is 4.03. The minimum absolute atomic E-state index is 0.0302. The van der Waals surface area contributed by atoms with Crippen molar-refractivity contribution in [2.75, 3.05) is 33.2 Å². The molecule has 0 bridgehead atoms. The van der Waals surface area contributed by atoms with E-state index in [0.717, 1.165) is 50.5 Å². The molecule has 134 valence electrons. The van der Waals surface area contributed by atoms with E-state index in [9.17, 15) is 4.39 Å². The Balaban J connectivity index is 1.56. The van der Waals surface area contributed by atoms with Crippen molar-refractivity contribution in [2.24, 2.45) is 5.41 Å². The van der Waals surface area contributed by atoms with Crippen LogP contribution in [0.4, 0.5) is 4.39 Å². The van der Waals surface area contributed by atoms with E-state index in [1.165, 1.54) is 12.1 Å². The van der Waals surface area contributed by atoms with E-state index < -0.39 is 0 Å². The number of likely N-dealkylation sites (N-methyl/N-ethyl adjacent to an activating group) is 1. The summed E-state index contributed by atoms with van der Waals surface area (Å²) in [6, 6.07) is 6.70. The number of piperazine rings is 1. The number of benzene rings is 1. The van der Waals surface area contributed by atoms with Crippen molar-refractivity contribution < 1.29 is 8.91 Å². The average Bonchev–Trinajstić information content (AvgIpc) is 2.92. The largest absolute Gasteiger partial charge is 0.338 e. The SMILES string of the molecule is CN1CCN(Cc2noc([C@@]3(c4ccc(F)cc4)CC3(C)C)n2)CC1. The maximum absolute atomic E-state index is 13.3. The first-order valence-corrected chi connectivity index (χ1v) is 8.91. The first-order chi connectivity index (χ1) is 11.9. The van der Waals surface area contributed by atoms with Gasteiger partial charge in [0.25, 0.3) is 0 Å². The average molecular weight is 344 g/mol. The molecule has 25 heavy (non-hydrogen) atoms. The molecular formula is C19H25FN4O. The Bertz CT molecular complexity index is 749. The quantitative estimate of drug-likeness (QED) is 0.853. The van der Waals surface area contributed by atoms with Gasteiger partial charge in [0, 0.05) is 26.2 Å². The molecule has 1 saturated heterocycles. The zero-order valence-corrected chi connectivity index (χ0v) is 15.1. The predicted octanol–water partition coefficient (Wildman–Crippen LogP) is 2.67. The Kier molecular flexibility index (Phi) is 3.92. The van der Waals surface area contributed by atoms with Gasteiger partial charge in [0.15, 0.2) is 5.82 Å². The van der Waals surface area contributed by atoms with Crippen molar-refractivity contribution >= 4 is 0 Å². The molecule has 1 aliphatic carbocycles. The van der Waals surface area contributed by atoms with Crippen molar-refractivity contribution in [3.05, 3.63) is 47.4 Å². The van der Waals surface area contributed by atoms with E-state index >= 15 is 0 Å². The van der Waals surface area contributed by atoms with Gasteiger partial charge in [-0.25, -0.2) is 4.39 Å². The molecule has 0 amide bonds. The lowest BCUT2D eigenvalue weighted by Gasteiger charge is -2.31. The van der Waals surface area contributed by atoms with Crippen LogP contribution in [0.5, 0.6) is 0 Å². The monoisotopic (exact) mass is 344 g/mol. The fraction of sp³-hybridized carbons (Fsp3) is 0.579. The number of hydrogen-bond donors (Lipinski definition) is 0. The second-order valence-electron chi connectivity index (χ2n) is 8.07. The molecule has 5 nitrogen and oxygen atoms in total. The Labute approximate surface area is 147 Å². The highest BCUT2D eigenvalue weighted by Crippen LogP contribution is 2.67. The van der Waals surface area contributed by atoms with Crippen molar-refractivity contribution in [1.29, 1.82) is 0 Å². The molecular weight excluding hydrogens is 319 g/mol. The zero-order valence-electron chi connectivity index (χ0n) is 15.1. The van der Waals surface area contributed by atoms with Gasteiger partial charge >= 0.3 is 0 Å². The molecule has 1 aromatic heterocycles. The van der Waals surface area contributed by atoms with Crippen molar-refractivity contribution in [3.8, 4) is 0 Å². The maximum Gasteiger partial charge on any atom is 0.237 e. The van der Waals surface area contributed by atoms with Crippen LogP contribution in [0, 0.1) is 11.2 Å². The first kappa shape index (κ1) is 16.7. The van der Waals surface area contributed by atoms with E-state index in [2.05, 4.69) is 35.9 Å². The second kappa shape index (κ2) is 5.88. The topological polar surface area (TPSA) is 45.4 Å². The van der Waals surface area contributed by atoms with Crippen LogP contribution in [0.2, 0.25) is 0 Å². The molecule has 2 heterocycles. The van der Waals surface area contributed by atoms with E-state index in [4.69, 9.17) is 9.51 Å². The van der Waals surface area contributed by atoms with Crippen LogP contribution in [0.25, 0.3) is 0 Å². The highest BCUT2D eigenvalue weighted by molar-refractivity contribution is 5.43. The third-order valence-corrected chi connectivity index (χ3v) is 5.87. The predicted molar refractivity (Wildman–Crippen MR) is 92.7 cm³/mol. The van der Waals surface area contributed by atoms with Crippen LogP contribution in [-0.2, 0) is 12.0 Å².